The normalized spacial score (nSPS) is 13.3. The number of fused-ring (bicyclic) bond motifs is 1. The number of anilines is 1. The Labute approximate surface area is 192 Å². The highest BCUT2D eigenvalue weighted by molar-refractivity contribution is 7.89. The van der Waals surface area contributed by atoms with E-state index in [4.69, 9.17) is 4.42 Å². The van der Waals surface area contributed by atoms with E-state index in [1.807, 2.05) is 30.3 Å². The van der Waals surface area contributed by atoms with Crippen molar-refractivity contribution in [3.8, 4) is 0 Å². The zero-order chi connectivity index (χ0) is 23.4. The van der Waals surface area contributed by atoms with Crippen molar-refractivity contribution in [3.63, 3.8) is 0 Å². The maximum Gasteiger partial charge on any atom is 0.250 e. The minimum absolute atomic E-state index is 0.0747. The van der Waals surface area contributed by atoms with Crippen LogP contribution < -0.4 is 10.6 Å². The minimum Gasteiger partial charge on any atom is -0.444 e. The molecule has 0 atom stereocenters. The number of benzene rings is 2. The first-order valence-corrected chi connectivity index (χ1v) is 11.7. The summed E-state index contributed by atoms with van der Waals surface area (Å²) in [7, 11) is -3.74. The zero-order valence-corrected chi connectivity index (χ0v) is 18.6. The summed E-state index contributed by atoms with van der Waals surface area (Å²) in [6.07, 6.45) is 1.28. The predicted molar refractivity (Wildman–Crippen MR) is 122 cm³/mol. The van der Waals surface area contributed by atoms with E-state index in [0.29, 0.717) is 17.9 Å². The molecule has 0 unspecified atom stereocenters. The number of rotatable bonds is 8. The topological polar surface area (TPSA) is 109 Å². The van der Waals surface area contributed by atoms with Crippen LogP contribution in [0.3, 0.4) is 0 Å². The Kier molecular flexibility index (Phi) is 6.43. The molecule has 2 N–H and O–H groups in total. The number of furan rings is 1. The molecule has 0 radical (unpaired) electrons. The monoisotopic (exact) mass is 465 g/mol. The van der Waals surface area contributed by atoms with Crippen molar-refractivity contribution < 1.29 is 22.4 Å². The van der Waals surface area contributed by atoms with Gasteiger partial charge in [0, 0.05) is 24.7 Å². The van der Waals surface area contributed by atoms with E-state index in [1.54, 1.807) is 18.2 Å². The van der Waals surface area contributed by atoms with E-state index in [1.165, 1.54) is 16.4 Å². The van der Waals surface area contributed by atoms with Gasteiger partial charge in [0.2, 0.25) is 21.8 Å². The Balaban J connectivity index is 1.35. The summed E-state index contributed by atoms with van der Waals surface area (Å²) >= 11 is 0. The van der Waals surface area contributed by atoms with Crippen molar-refractivity contribution in [2.45, 2.75) is 31.0 Å². The number of sulfonamides is 1. The molecule has 1 aliphatic rings. The second kappa shape index (κ2) is 9.43. The van der Waals surface area contributed by atoms with Gasteiger partial charge in [-0.25, -0.2) is 8.42 Å². The number of hydrogen-bond donors (Lipinski definition) is 2. The summed E-state index contributed by atoms with van der Waals surface area (Å²) in [6, 6.07) is 17.5. The molecule has 1 aliphatic heterocycles. The van der Waals surface area contributed by atoms with Crippen LogP contribution in [0.25, 0.3) is 0 Å². The van der Waals surface area contributed by atoms with Gasteiger partial charge in [-0.2, -0.15) is 4.31 Å². The molecule has 0 spiro atoms. The first-order valence-electron chi connectivity index (χ1n) is 10.3. The summed E-state index contributed by atoms with van der Waals surface area (Å²) in [5.41, 5.74) is 2.42. The van der Waals surface area contributed by atoms with Crippen LogP contribution in [0.1, 0.15) is 22.5 Å². The minimum atomic E-state index is -3.74. The summed E-state index contributed by atoms with van der Waals surface area (Å²) in [4.78, 5) is 23.7. The number of hydrogen-bond acceptors (Lipinski definition) is 5. The molecule has 33 heavy (non-hydrogen) atoms. The highest BCUT2D eigenvalue weighted by Crippen LogP contribution is 2.32. The van der Waals surface area contributed by atoms with Crippen LogP contribution in [-0.2, 0) is 45.7 Å². The van der Waals surface area contributed by atoms with Gasteiger partial charge in [0.1, 0.15) is 5.76 Å². The van der Waals surface area contributed by atoms with Crippen molar-refractivity contribution in [1.82, 2.24) is 9.62 Å². The van der Waals surface area contributed by atoms with Crippen molar-refractivity contribution in [1.29, 1.82) is 0 Å². The summed E-state index contributed by atoms with van der Waals surface area (Å²) in [5.74, 6) is 0.208. The average Bonchev–Trinajstić information content (AvgIpc) is 3.38. The van der Waals surface area contributed by atoms with Crippen molar-refractivity contribution >= 4 is 27.7 Å². The largest absolute Gasteiger partial charge is 0.444 e. The quantitative estimate of drug-likeness (QED) is 0.497. The standard InChI is InChI=1S/C24H23N3O5S/c1-2-22(28)26-24-13-19-15-27(16-21(19)32-24)33(30,31)20-10-8-17(9-11-20)12-23(29)25-14-18-6-4-3-5-7-18/h2-11,13H,1,12,14-16H2,(H,25,29)(H,26,28). The first-order chi connectivity index (χ1) is 15.8. The Morgan fingerprint density at radius 2 is 1.76 bits per heavy atom. The molecule has 4 rings (SSSR count). The van der Waals surface area contributed by atoms with Crippen LogP contribution >= 0.6 is 0 Å². The fraction of sp³-hybridized carbons (Fsp3) is 0.167. The summed E-state index contributed by atoms with van der Waals surface area (Å²) < 4.78 is 32.9. The fourth-order valence-electron chi connectivity index (χ4n) is 3.52. The number of nitrogens with one attached hydrogen (secondary N) is 2. The molecule has 1 aromatic heterocycles. The van der Waals surface area contributed by atoms with E-state index in [0.717, 1.165) is 17.2 Å². The van der Waals surface area contributed by atoms with Crippen LogP contribution in [0.4, 0.5) is 5.88 Å². The molecule has 0 saturated heterocycles. The molecule has 0 fully saturated rings. The van der Waals surface area contributed by atoms with Gasteiger partial charge in [-0.1, -0.05) is 49.0 Å². The smallest absolute Gasteiger partial charge is 0.250 e. The molecule has 170 valence electrons. The highest BCUT2D eigenvalue weighted by atomic mass is 32.2. The third kappa shape index (κ3) is 5.21. The fourth-order valence-corrected chi connectivity index (χ4v) is 4.89. The highest BCUT2D eigenvalue weighted by Gasteiger charge is 2.33. The number of nitrogens with zero attached hydrogens (tertiary/aromatic N) is 1. The molecule has 2 amide bonds. The molecule has 3 aromatic rings. The van der Waals surface area contributed by atoms with Crippen LogP contribution in [0, 0.1) is 0 Å². The summed E-state index contributed by atoms with van der Waals surface area (Å²) in [5, 5.41) is 5.38. The van der Waals surface area contributed by atoms with E-state index >= 15 is 0 Å². The molecule has 2 aromatic carbocycles. The van der Waals surface area contributed by atoms with E-state index < -0.39 is 15.9 Å². The lowest BCUT2D eigenvalue weighted by Gasteiger charge is -2.16. The van der Waals surface area contributed by atoms with Gasteiger partial charge in [0.15, 0.2) is 5.88 Å². The van der Waals surface area contributed by atoms with Crippen molar-refractivity contribution in [3.05, 3.63) is 95.8 Å². The lowest BCUT2D eigenvalue weighted by molar-refractivity contribution is -0.120. The zero-order valence-electron chi connectivity index (χ0n) is 17.8. The third-order valence-electron chi connectivity index (χ3n) is 5.25. The van der Waals surface area contributed by atoms with Gasteiger partial charge in [-0.05, 0) is 29.3 Å². The average molecular weight is 466 g/mol. The first kappa shape index (κ1) is 22.5. The van der Waals surface area contributed by atoms with Gasteiger partial charge in [0.05, 0.1) is 17.9 Å². The Bertz CT molecular complexity index is 1260. The van der Waals surface area contributed by atoms with Crippen molar-refractivity contribution in [2.24, 2.45) is 0 Å². The van der Waals surface area contributed by atoms with Crippen molar-refractivity contribution in [2.75, 3.05) is 5.32 Å². The molecule has 8 nitrogen and oxygen atoms in total. The predicted octanol–water partition coefficient (Wildman–Crippen LogP) is 2.97. The van der Waals surface area contributed by atoms with E-state index in [-0.39, 0.29) is 36.2 Å². The van der Waals surface area contributed by atoms with E-state index in [9.17, 15) is 18.0 Å². The molecule has 0 aliphatic carbocycles. The van der Waals surface area contributed by atoms with Crippen LogP contribution in [0.5, 0.6) is 0 Å². The summed E-state index contributed by atoms with van der Waals surface area (Å²) in [6.45, 7) is 4.04. The Hall–Kier alpha value is -3.69. The van der Waals surface area contributed by atoms with Gasteiger partial charge in [0.25, 0.3) is 0 Å². The Morgan fingerprint density at radius 3 is 2.42 bits per heavy atom. The molecular formula is C24H23N3O5S. The SMILES string of the molecule is C=CC(=O)Nc1cc2c(o1)CN(S(=O)(=O)c1ccc(CC(=O)NCc3ccccc3)cc1)C2. The molecule has 0 saturated carbocycles. The van der Waals surface area contributed by atoms with Gasteiger partial charge < -0.3 is 9.73 Å². The second-order valence-electron chi connectivity index (χ2n) is 7.61. The lowest BCUT2D eigenvalue weighted by Crippen LogP contribution is -2.26. The molecule has 0 bridgehead atoms. The third-order valence-corrected chi connectivity index (χ3v) is 7.06. The number of amides is 2. The number of carbonyl (C=O) groups excluding carboxylic acids is 2. The Morgan fingerprint density at radius 1 is 1.03 bits per heavy atom. The van der Waals surface area contributed by atoms with Crippen LogP contribution in [0.15, 0.2) is 82.6 Å². The van der Waals surface area contributed by atoms with Crippen LogP contribution in [-0.4, -0.2) is 24.5 Å². The maximum atomic E-state index is 13.0. The molecule has 2 heterocycles. The van der Waals surface area contributed by atoms with Crippen LogP contribution in [0.2, 0.25) is 0 Å². The molecular weight excluding hydrogens is 442 g/mol. The molecule has 9 heteroatoms. The lowest BCUT2D eigenvalue weighted by atomic mass is 10.1. The number of carbonyl (C=O) groups is 2. The van der Waals surface area contributed by atoms with Gasteiger partial charge in [-0.3, -0.25) is 14.9 Å². The van der Waals surface area contributed by atoms with E-state index in [2.05, 4.69) is 17.2 Å². The van der Waals surface area contributed by atoms with Gasteiger partial charge >= 0.3 is 0 Å². The second-order valence-corrected chi connectivity index (χ2v) is 9.55. The maximum absolute atomic E-state index is 13.0. The van der Waals surface area contributed by atoms with Gasteiger partial charge in [-0.15, -0.1) is 0 Å².